The van der Waals surface area contributed by atoms with Crippen molar-refractivity contribution in [3.8, 4) is 0 Å². The monoisotopic (exact) mass is 188 g/mol. The van der Waals surface area contributed by atoms with E-state index in [1.165, 1.54) is 7.11 Å². The Morgan fingerprint density at radius 3 is 2.62 bits per heavy atom. The predicted octanol–water partition coefficient (Wildman–Crippen LogP) is 0.842. The highest BCUT2D eigenvalue weighted by Gasteiger charge is 2.31. The van der Waals surface area contributed by atoms with Crippen molar-refractivity contribution in [2.45, 2.75) is 32.0 Å². The number of aliphatic hydroxyl groups is 1. The normalized spacial score (nSPS) is 29.4. The first kappa shape index (κ1) is 10.5. The molecule has 1 aliphatic rings. The van der Waals surface area contributed by atoms with Gasteiger partial charge in [-0.15, -0.1) is 0 Å². The van der Waals surface area contributed by atoms with Crippen LogP contribution in [-0.2, 0) is 9.53 Å². The summed E-state index contributed by atoms with van der Waals surface area (Å²) in [5.74, 6) is 0.0293. The third kappa shape index (κ3) is 3.32. The number of carboxylic acids is 1. The van der Waals surface area contributed by atoms with Gasteiger partial charge in [0, 0.05) is 20.0 Å². The molecule has 0 bridgehead atoms. The molecule has 4 heteroatoms. The van der Waals surface area contributed by atoms with Gasteiger partial charge in [-0.3, -0.25) is 4.79 Å². The Morgan fingerprint density at radius 1 is 1.54 bits per heavy atom. The van der Waals surface area contributed by atoms with Gasteiger partial charge in [0.25, 0.3) is 0 Å². The Bertz CT molecular complexity index is 174. The van der Waals surface area contributed by atoms with E-state index >= 15 is 0 Å². The number of aliphatic carboxylic acids is 1. The van der Waals surface area contributed by atoms with Crippen LogP contribution in [0.1, 0.15) is 25.7 Å². The van der Waals surface area contributed by atoms with Crippen LogP contribution in [-0.4, -0.2) is 29.6 Å². The molecule has 1 unspecified atom stereocenters. The Hall–Kier alpha value is -0.610. The molecule has 1 fully saturated rings. The Labute approximate surface area is 77.5 Å². The van der Waals surface area contributed by atoms with Gasteiger partial charge >= 0.3 is 5.97 Å². The third-order valence-electron chi connectivity index (χ3n) is 2.60. The van der Waals surface area contributed by atoms with Crippen LogP contribution in [0, 0.1) is 11.8 Å². The molecule has 2 N–H and O–H groups in total. The summed E-state index contributed by atoms with van der Waals surface area (Å²) in [4.78, 5) is 10.3. The van der Waals surface area contributed by atoms with Crippen molar-refractivity contribution < 1.29 is 19.7 Å². The van der Waals surface area contributed by atoms with Crippen LogP contribution in [0.3, 0.4) is 0 Å². The number of aliphatic hydroxyl groups excluding tert-OH is 1. The summed E-state index contributed by atoms with van der Waals surface area (Å²) < 4.78 is 4.71. The molecule has 0 amide bonds. The number of hydrogen-bond acceptors (Lipinski definition) is 3. The summed E-state index contributed by atoms with van der Waals surface area (Å²) in [5.41, 5.74) is 0. The molecule has 0 spiro atoms. The number of carboxylic acid groups (broad SMARTS) is 1. The lowest BCUT2D eigenvalue weighted by molar-refractivity contribution is -0.139. The standard InChI is InChI=1S/C9H16O4/c1-13-9(12)5-7-2-6(3-7)4-8(10)11/h6-7,9,12H,2-5H2,1H3,(H,10,11). The molecule has 1 rings (SSSR count). The Morgan fingerprint density at radius 2 is 2.15 bits per heavy atom. The molecule has 1 atom stereocenters. The van der Waals surface area contributed by atoms with Gasteiger partial charge in [-0.05, 0) is 24.7 Å². The van der Waals surface area contributed by atoms with E-state index in [-0.39, 0.29) is 6.42 Å². The molecule has 0 saturated heterocycles. The van der Waals surface area contributed by atoms with Crippen molar-refractivity contribution in [3.05, 3.63) is 0 Å². The largest absolute Gasteiger partial charge is 0.481 e. The van der Waals surface area contributed by atoms with Gasteiger partial charge in [0.2, 0.25) is 0 Å². The highest BCUT2D eigenvalue weighted by molar-refractivity contribution is 5.67. The fraction of sp³-hybridized carbons (Fsp3) is 0.889. The average Bonchev–Trinajstić information content (AvgIpc) is 1.99. The van der Waals surface area contributed by atoms with Crippen LogP contribution in [0.25, 0.3) is 0 Å². The van der Waals surface area contributed by atoms with Crippen LogP contribution < -0.4 is 0 Å². The lowest BCUT2D eigenvalue weighted by Crippen LogP contribution is -2.29. The third-order valence-corrected chi connectivity index (χ3v) is 2.60. The summed E-state index contributed by atoms with van der Waals surface area (Å²) in [6.07, 6.45) is 2.03. The summed E-state index contributed by atoms with van der Waals surface area (Å²) >= 11 is 0. The van der Waals surface area contributed by atoms with E-state index in [2.05, 4.69) is 0 Å². The van der Waals surface area contributed by atoms with E-state index in [1.54, 1.807) is 0 Å². The number of rotatable bonds is 5. The minimum absolute atomic E-state index is 0.263. The van der Waals surface area contributed by atoms with Crippen LogP contribution in [0.4, 0.5) is 0 Å². The topological polar surface area (TPSA) is 66.8 Å². The maximum atomic E-state index is 10.3. The molecular formula is C9H16O4. The fourth-order valence-electron chi connectivity index (χ4n) is 1.86. The molecule has 1 saturated carbocycles. The van der Waals surface area contributed by atoms with E-state index in [0.717, 1.165) is 12.8 Å². The van der Waals surface area contributed by atoms with Gasteiger partial charge in [-0.2, -0.15) is 0 Å². The molecule has 0 heterocycles. The molecule has 76 valence electrons. The van der Waals surface area contributed by atoms with Gasteiger partial charge in [-0.25, -0.2) is 0 Å². The van der Waals surface area contributed by atoms with Gasteiger partial charge in [0.15, 0.2) is 6.29 Å². The zero-order valence-corrected chi connectivity index (χ0v) is 7.77. The second-order valence-electron chi connectivity index (χ2n) is 3.73. The zero-order chi connectivity index (χ0) is 9.84. The lowest BCUT2D eigenvalue weighted by Gasteiger charge is -2.35. The van der Waals surface area contributed by atoms with Crippen LogP contribution in [0.2, 0.25) is 0 Å². The van der Waals surface area contributed by atoms with E-state index in [4.69, 9.17) is 14.9 Å². The first-order valence-corrected chi connectivity index (χ1v) is 4.54. The van der Waals surface area contributed by atoms with E-state index < -0.39 is 12.3 Å². The summed E-state index contributed by atoms with van der Waals surface area (Å²) in [7, 11) is 1.47. The Kier molecular flexibility index (Phi) is 3.69. The lowest BCUT2D eigenvalue weighted by atomic mass is 9.72. The maximum Gasteiger partial charge on any atom is 0.303 e. The smallest absolute Gasteiger partial charge is 0.303 e. The average molecular weight is 188 g/mol. The minimum atomic E-state index is -0.726. The molecule has 0 aromatic carbocycles. The van der Waals surface area contributed by atoms with E-state index in [9.17, 15) is 4.79 Å². The fourth-order valence-corrected chi connectivity index (χ4v) is 1.86. The minimum Gasteiger partial charge on any atom is -0.481 e. The number of ether oxygens (including phenoxy) is 1. The highest BCUT2D eigenvalue weighted by atomic mass is 16.6. The first-order chi connectivity index (χ1) is 6.11. The number of hydrogen-bond donors (Lipinski definition) is 2. The SMILES string of the molecule is COC(O)CC1CC(CC(=O)O)C1. The summed E-state index contributed by atoms with van der Waals surface area (Å²) in [6, 6.07) is 0. The maximum absolute atomic E-state index is 10.3. The summed E-state index contributed by atoms with van der Waals surface area (Å²) in [5, 5.41) is 17.6. The van der Waals surface area contributed by atoms with E-state index in [0.29, 0.717) is 18.3 Å². The first-order valence-electron chi connectivity index (χ1n) is 4.54. The molecule has 0 aromatic heterocycles. The van der Waals surface area contributed by atoms with Gasteiger partial charge in [-0.1, -0.05) is 0 Å². The molecule has 13 heavy (non-hydrogen) atoms. The molecular weight excluding hydrogens is 172 g/mol. The van der Waals surface area contributed by atoms with Crippen molar-refractivity contribution >= 4 is 5.97 Å². The zero-order valence-electron chi connectivity index (χ0n) is 7.77. The molecule has 0 aliphatic heterocycles. The second-order valence-corrected chi connectivity index (χ2v) is 3.73. The molecule has 0 aromatic rings. The molecule has 1 aliphatic carbocycles. The van der Waals surface area contributed by atoms with Crippen molar-refractivity contribution in [2.75, 3.05) is 7.11 Å². The van der Waals surface area contributed by atoms with Crippen LogP contribution >= 0.6 is 0 Å². The van der Waals surface area contributed by atoms with Crippen molar-refractivity contribution in [3.63, 3.8) is 0 Å². The van der Waals surface area contributed by atoms with E-state index in [1.807, 2.05) is 0 Å². The summed E-state index contributed by atoms with van der Waals surface area (Å²) in [6.45, 7) is 0. The van der Waals surface area contributed by atoms with Crippen molar-refractivity contribution in [1.29, 1.82) is 0 Å². The van der Waals surface area contributed by atoms with Crippen LogP contribution in [0.15, 0.2) is 0 Å². The van der Waals surface area contributed by atoms with Crippen LogP contribution in [0.5, 0.6) is 0 Å². The number of carbonyl (C=O) groups is 1. The Balaban J connectivity index is 2.08. The highest BCUT2D eigenvalue weighted by Crippen LogP contribution is 2.38. The van der Waals surface area contributed by atoms with Crippen molar-refractivity contribution in [1.82, 2.24) is 0 Å². The van der Waals surface area contributed by atoms with Gasteiger partial charge in [0.1, 0.15) is 0 Å². The quantitative estimate of drug-likeness (QED) is 0.627. The van der Waals surface area contributed by atoms with Gasteiger partial charge in [0.05, 0.1) is 0 Å². The predicted molar refractivity (Wildman–Crippen MR) is 46.1 cm³/mol. The molecule has 4 nitrogen and oxygen atoms in total. The van der Waals surface area contributed by atoms with Crippen molar-refractivity contribution in [2.24, 2.45) is 11.8 Å². The second kappa shape index (κ2) is 4.58. The number of methoxy groups -OCH3 is 1. The molecule has 0 radical (unpaired) electrons. The van der Waals surface area contributed by atoms with Gasteiger partial charge < -0.3 is 14.9 Å².